The Morgan fingerprint density at radius 2 is 0.729 bits per heavy atom. The molecule has 70 heavy (non-hydrogen) atoms. The van der Waals surface area contributed by atoms with Crippen LogP contribution in [0.2, 0.25) is 0 Å². The third-order valence-electron chi connectivity index (χ3n) is 13.4. The molecule has 0 unspecified atom stereocenters. The van der Waals surface area contributed by atoms with E-state index in [1.54, 1.807) is 70.5 Å². The molecule has 13 rings (SSSR count). The monoisotopic (exact) mass is 958 g/mol. The minimum absolute atomic E-state index is 0.0637. The molecule has 334 valence electrons. The Hall–Kier alpha value is -8.42. The molecule has 4 aromatic heterocycles. The van der Waals surface area contributed by atoms with Crippen molar-refractivity contribution in [2.45, 2.75) is 12.4 Å². The normalized spacial score (nSPS) is 12.4. The standard InChI is InChI=1S/C58H28F6N4S2/c59-57(60,61)53-47(33-21-17-31(29-65)18-22-33)55(67-39-13-5-1-9-35(39)49-41(67)25-27-45-51(49)37-11-3-7-15-43(37)69-45)48(34-23-19-32(30-66)20-24-34)54(58(62,63)64)56(53)68-40-14-6-2-10-36(40)50-42(68)26-28-46-52(50)38-12-4-8-16-44(38)70-46/h1-28H. The molecular formula is C58H28F6N4S2. The van der Waals surface area contributed by atoms with Gasteiger partial charge in [-0.2, -0.15) is 36.9 Å². The SMILES string of the molecule is N#Cc1ccc(-c2c(-n3c4ccccc4c4c5c(ccc43)sc3ccccc35)c(-c3ccc(C#N)cc3)c(C(F)(F)F)c(-n3c4ccccc4c4c5c(ccc43)sc3ccccc35)c2C(F)(F)F)cc1. The molecule has 9 aromatic carbocycles. The van der Waals surface area contributed by atoms with Crippen LogP contribution in [0.5, 0.6) is 0 Å². The van der Waals surface area contributed by atoms with Crippen molar-refractivity contribution < 1.29 is 26.3 Å². The highest BCUT2D eigenvalue weighted by molar-refractivity contribution is 7.26. The number of alkyl halides is 6. The lowest BCUT2D eigenvalue weighted by Crippen LogP contribution is -2.23. The van der Waals surface area contributed by atoms with Gasteiger partial charge in [0.1, 0.15) is 0 Å². The van der Waals surface area contributed by atoms with E-state index in [9.17, 15) is 10.5 Å². The van der Waals surface area contributed by atoms with Crippen molar-refractivity contribution in [1.82, 2.24) is 9.13 Å². The highest BCUT2D eigenvalue weighted by atomic mass is 32.1. The number of hydrogen-bond donors (Lipinski definition) is 0. The van der Waals surface area contributed by atoms with Crippen LogP contribution in [0.3, 0.4) is 0 Å². The van der Waals surface area contributed by atoms with E-state index in [0.29, 0.717) is 32.6 Å². The van der Waals surface area contributed by atoms with Gasteiger partial charge in [0, 0.05) is 73.0 Å². The van der Waals surface area contributed by atoms with Gasteiger partial charge in [-0.1, -0.05) is 97.1 Å². The molecule has 0 N–H and O–H groups in total. The summed E-state index contributed by atoms with van der Waals surface area (Å²) in [5, 5.41) is 25.5. The summed E-state index contributed by atoms with van der Waals surface area (Å²) in [5.74, 6) is 0. The third-order valence-corrected chi connectivity index (χ3v) is 15.7. The molecule has 0 bridgehead atoms. The second-order valence-corrected chi connectivity index (χ2v) is 19.3. The summed E-state index contributed by atoms with van der Waals surface area (Å²) in [4.78, 5) is 0. The number of rotatable bonds is 4. The highest BCUT2D eigenvalue weighted by Crippen LogP contribution is 2.57. The van der Waals surface area contributed by atoms with E-state index in [0.717, 1.165) is 44.9 Å². The van der Waals surface area contributed by atoms with Crippen molar-refractivity contribution in [3.05, 3.63) is 192 Å². The zero-order chi connectivity index (χ0) is 47.8. The number of nitriles is 2. The van der Waals surface area contributed by atoms with Gasteiger partial charge in [0.25, 0.3) is 0 Å². The average Bonchev–Trinajstić information content (AvgIpc) is 4.12. The zero-order valence-electron chi connectivity index (χ0n) is 36.0. The average molecular weight is 959 g/mol. The molecule has 0 saturated heterocycles. The van der Waals surface area contributed by atoms with E-state index in [4.69, 9.17) is 0 Å². The van der Waals surface area contributed by atoms with Gasteiger partial charge in [0.2, 0.25) is 0 Å². The van der Waals surface area contributed by atoms with Crippen LogP contribution in [0.25, 0.3) is 118 Å². The molecule has 0 aliphatic carbocycles. The van der Waals surface area contributed by atoms with Crippen LogP contribution in [0, 0.1) is 22.7 Å². The van der Waals surface area contributed by atoms with Gasteiger partial charge in [-0.25, -0.2) is 0 Å². The predicted molar refractivity (Wildman–Crippen MR) is 271 cm³/mol. The number of nitrogens with zero attached hydrogens (tertiary/aromatic N) is 4. The molecule has 0 radical (unpaired) electrons. The van der Waals surface area contributed by atoms with E-state index in [2.05, 4.69) is 0 Å². The van der Waals surface area contributed by atoms with E-state index in [1.165, 1.54) is 59.9 Å². The molecule has 0 aliphatic rings. The molecule has 0 spiro atoms. The number of para-hydroxylation sites is 2. The molecule has 0 aliphatic heterocycles. The molecule has 0 saturated carbocycles. The van der Waals surface area contributed by atoms with Crippen LogP contribution < -0.4 is 0 Å². The molecule has 13 aromatic rings. The van der Waals surface area contributed by atoms with Crippen LogP contribution >= 0.6 is 22.7 Å². The van der Waals surface area contributed by atoms with Gasteiger partial charge in [-0.05, 0) is 83.9 Å². The van der Waals surface area contributed by atoms with Crippen LogP contribution in [0.15, 0.2) is 170 Å². The smallest absolute Gasteiger partial charge is 0.308 e. The van der Waals surface area contributed by atoms with Crippen molar-refractivity contribution in [3.8, 4) is 45.8 Å². The topological polar surface area (TPSA) is 57.4 Å². The zero-order valence-corrected chi connectivity index (χ0v) is 37.7. The molecule has 0 amide bonds. The van der Waals surface area contributed by atoms with E-state index < -0.39 is 40.3 Å². The fourth-order valence-electron chi connectivity index (χ4n) is 10.7. The van der Waals surface area contributed by atoms with E-state index >= 15 is 26.3 Å². The first kappa shape index (κ1) is 41.7. The lowest BCUT2D eigenvalue weighted by Gasteiger charge is -2.31. The van der Waals surface area contributed by atoms with Crippen LogP contribution in [-0.4, -0.2) is 9.13 Å². The van der Waals surface area contributed by atoms with Crippen molar-refractivity contribution in [1.29, 1.82) is 10.5 Å². The Labute approximate surface area is 400 Å². The fourth-order valence-corrected chi connectivity index (χ4v) is 13.0. The number of halogens is 6. The molecule has 4 nitrogen and oxygen atoms in total. The highest BCUT2D eigenvalue weighted by Gasteiger charge is 2.49. The Bertz CT molecular complexity index is 4360. The summed E-state index contributed by atoms with van der Waals surface area (Å²) in [7, 11) is 0. The molecule has 0 fully saturated rings. The number of aromatic nitrogens is 2. The maximum Gasteiger partial charge on any atom is 0.419 e. The molecule has 0 atom stereocenters. The number of thiophene rings is 2. The summed E-state index contributed by atoms with van der Waals surface area (Å²) >= 11 is 3.05. The van der Waals surface area contributed by atoms with Crippen LogP contribution in [0.4, 0.5) is 26.3 Å². The van der Waals surface area contributed by atoms with Gasteiger partial charge in [-0.15, -0.1) is 22.7 Å². The molecule has 12 heteroatoms. The van der Waals surface area contributed by atoms with Gasteiger partial charge in [0.05, 0.1) is 67.8 Å². The predicted octanol–water partition coefficient (Wildman–Crippen LogP) is 17.7. The van der Waals surface area contributed by atoms with E-state index in [-0.39, 0.29) is 39.0 Å². The van der Waals surface area contributed by atoms with Crippen molar-refractivity contribution >= 4 is 107 Å². The summed E-state index contributed by atoms with van der Waals surface area (Å²) < 4.78 is 110. The minimum Gasteiger partial charge on any atom is -0.308 e. The Morgan fingerprint density at radius 3 is 1.13 bits per heavy atom. The van der Waals surface area contributed by atoms with E-state index in [1.807, 2.05) is 78.9 Å². The Balaban J connectivity index is 1.34. The Kier molecular flexibility index (Phi) is 8.97. The molecule has 4 heterocycles. The summed E-state index contributed by atoms with van der Waals surface area (Å²) in [6, 6.07) is 51.3. The first-order chi connectivity index (χ1) is 33.9. The fraction of sp³-hybridized carbons (Fsp3) is 0.0345. The van der Waals surface area contributed by atoms with Gasteiger partial charge >= 0.3 is 12.4 Å². The number of fused-ring (bicyclic) bond motifs is 14. The first-order valence-electron chi connectivity index (χ1n) is 22.0. The maximum atomic E-state index is 17.3. The summed E-state index contributed by atoms with van der Waals surface area (Å²) in [5.41, 5.74) is -4.30. The largest absolute Gasteiger partial charge is 0.419 e. The summed E-state index contributed by atoms with van der Waals surface area (Å²) in [6.45, 7) is 0. The second kappa shape index (κ2) is 15.0. The van der Waals surface area contributed by atoms with Crippen LogP contribution in [-0.2, 0) is 12.4 Å². The quantitative estimate of drug-likeness (QED) is 0.165. The van der Waals surface area contributed by atoms with Crippen molar-refractivity contribution in [3.63, 3.8) is 0 Å². The first-order valence-corrected chi connectivity index (χ1v) is 23.6. The Morgan fingerprint density at radius 1 is 0.357 bits per heavy atom. The second-order valence-electron chi connectivity index (χ2n) is 17.1. The number of benzene rings is 9. The number of hydrogen-bond acceptors (Lipinski definition) is 4. The van der Waals surface area contributed by atoms with Crippen molar-refractivity contribution in [2.75, 3.05) is 0 Å². The van der Waals surface area contributed by atoms with Crippen molar-refractivity contribution in [2.24, 2.45) is 0 Å². The molecular weight excluding hydrogens is 931 g/mol. The lowest BCUT2D eigenvalue weighted by atomic mass is 9.84. The lowest BCUT2D eigenvalue weighted by molar-refractivity contribution is -0.142. The third kappa shape index (κ3) is 5.94. The minimum atomic E-state index is -5.44. The van der Waals surface area contributed by atoms with Crippen LogP contribution in [0.1, 0.15) is 22.3 Å². The maximum absolute atomic E-state index is 17.3. The van der Waals surface area contributed by atoms with Gasteiger partial charge in [-0.3, -0.25) is 0 Å². The van der Waals surface area contributed by atoms with Gasteiger partial charge < -0.3 is 9.13 Å². The van der Waals surface area contributed by atoms with Gasteiger partial charge in [0.15, 0.2) is 0 Å². The summed E-state index contributed by atoms with van der Waals surface area (Å²) in [6.07, 6.45) is -10.9.